The third kappa shape index (κ3) is 3.70. The van der Waals surface area contributed by atoms with Gasteiger partial charge in [-0.3, -0.25) is 4.79 Å². The summed E-state index contributed by atoms with van der Waals surface area (Å²) in [6, 6.07) is 5.09. The summed E-state index contributed by atoms with van der Waals surface area (Å²) in [5.74, 6) is -2.13. The molecule has 0 aliphatic carbocycles. The van der Waals surface area contributed by atoms with Gasteiger partial charge in [0.25, 0.3) is 0 Å². The van der Waals surface area contributed by atoms with Crippen LogP contribution in [0.1, 0.15) is 19.4 Å². The smallest absolute Gasteiger partial charge is 0.347 e. The van der Waals surface area contributed by atoms with E-state index in [2.05, 4.69) is 4.72 Å². The molecule has 1 aromatic carbocycles. The molecule has 1 N–H and O–H groups in total. The van der Waals surface area contributed by atoms with Gasteiger partial charge in [-0.2, -0.15) is 4.72 Å². The van der Waals surface area contributed by atoms with Crippen LogP contribution in [0.2, 0.25) is 0 Å². The van der Waals surface area contributed by atoms with Gasteiger partial charge in [-0.15, -0.1) is 0 Å². The van der Waals surface area contributed by atoms with Crippen LogP contribution >= 0.6 is 0 Å². The monoisotopic (exact) mass is 341 g/mol. The lowest BCUT2D eigenvalue weighted by Crippen LogP contribution is -2.43. The zero-order valence-corrected chi connectivity index (χ0v) is 13.9. The molecule has 0 unspecified atom stereocenters. The number of hydrogen-bond donors (Lipinski definition) is 1. The lowest BCUT2D eigenvalue weighted by Gasteiger charge is -2.16. The Labute approximate surface area is 135 Å². The first-order valence-corrected chi connectivity index (χ1v) is 8.70. The van der Waals surface area contributed by atoms with Crippen molar-refractivity contribution in [2.24, 2.45) is 5.92 Å². The molecule has 1 aliphatic heterocycles. The lowest BCUT2D eigenvalue weighted by molar-refractivity contribution is -0.162. The van der Waals surface area contributed by atoms with Crippen LogP contribution in [0.5, 0.6) is 0 Å². The molecule has 7 nitrogen and oxygen atoms in total. The number of aryl methyl sites for hydroxylation is 1. The predicted molar refractivity (Wildman–Crippen MR) is 81.0 cm³/mol. The summed E-state index contributed by atoms with van der Waals surface area (Å²) in [4.78, 5) is 23.7. The average molecular weight is 341 g/mol. The summed E-state index contributed by atoms with van der Waals surface area (Å²) in [6.45, 7) is 5.19. The van der Waals surface area contributed by atoms with Gasteiger partial charge in [0.1, 0.15) is 6.04 Å². The van der Waals surface area contributed by atoms with E-state index in [0.29, 0.717) is 0 Å². The Hall–Kier alpha value is -1.93. The van der Waals surface area contributed by atoms with Gasteiger partial charge in [-0.05, 0) is 26.0 Å². The predicted octanol–water partition coefficient (Wildman–Crippen LogP) is 0.767. The Morgan fingerprint density at radius 1 is 1.30 bits per heavy atom. The van der Waals surface area contributed by atoms with Crippen molar-refractivity contribution < 1.29 is 27.5 Å². The maximum absolute atomic E-state index is 12.4. The van der Waals surface area contributed by atoms with E-state index in [1.807, 2.05) is 6.92 Å². The standard InChI is InChI=1S/C15H19NO6S/c1-4-21-15(18)13-10(3)12(14(17)22-13)16-23(19,20)11-7-5-9(2)6-8-11/h5-8,10,12-13,16H,4H2,1-3H3/t10-,12-,13-/m1/s1. The van der Waals surface area contributed by atoms with Gasteiger partial charge < -0.3 is 9.47 Å². The molecule has 1 aliphatic rings. The molecule has 0 radical (unpaired) electrons. The first kappa shape index (κ1) is 17.4. The van der Waals surface area contributed by atoms with Crippen LogP contribution in [0.4, 0.5) is 0 Å². The van der Waals surface area contributed by atoms with Gasteiger partial charge in [0, 0.05) is 5.92 Å². The van der Waals surface area contributed by atoms with E-state index in [9.17, 15) is 18.0 Å². The van der Waals surface area contributed by atoms with Crippen LogP contribution in [-0.2, 0) is 29.1 Å². The summed E-state index contributed by atoms with van der Waals surface area (Å²) in [5.41, 5.74) is 0.917. The molecule has 1 saturated heterocycles. The Balaban J connectivity index is 2.17. The molecule has 3 atom stereocenters. The van der Waals surface area contributed by atoms with Gasteiger partial charge in [0.15, 0.2) is 0 Å². The molecule has 126 valence electrons. The number of ether oxygens (including phenoxy) is 2. The second-order valence-corrected chi connectivity index (χ2v) is 7.09. The SMILES string of the molecule is CCOC(=O)[C@@H]1OC(=O)[C@H](NS(=O)(=O)c2ccc(C)cc2)[C@H]1C. The zero-order chi connectivity index (χ0) is 17.2. The van der Waals surface area contributed by atoms with Gasteiger partial charge >= 0.3 is 11.9 Å². The van der Waals surface area contributed by atoms with Crippen molar-refractivity contribution in [2.75, 3.05) is 6.61 Å². The van der Waals surface area contributed by atoms with Crippen LogP contribution in [0, 0.1) is 12.8 Å². The van der Waals surface area contributed by atoms with Gasteiger partial charge in [0.2, 0.25) is 16.1 Å². The van der Waals surface area contributed by atoms with Gasteiger partial charge in [-0.1, -0.05) is 24.6 Å². The minimum atomic E-state index is -3.89. The molecular weight excluding hydrogens is 322 g/mol. The van der Waals surface area contributed by atoms with E-state index in [4.69, 9.17) is 9.47 Å². The summed E-state index contributed by atoms with van der Waals surface area (Å²) < 4.78 is 36.8. The van der Waals surface area contributed by atoms with Gasteiger partial charge in [0.05, 0.1) is 11.5 Å². The fourth-order valence-electron chi connectivity index (χ4n) is 2.29. The molecule has 0 bridgehead atoms. The molecule has 23 heavy (non-hydrogen) atoms. The van der Waals surface area contributed by atoms with Crippen molar-refractivity contribution in [1.29, 1.82) is 0 Å². The summed E-state index contributed by atoms with van der Waals surface area (Å²) in [5, 5.41) is 0. The molecule has 1 heterocycles. The second-order valence-electron chi connectivity index (χ2n) is 5.38. The van der Waals surface area contributed by atoms with Crippen LogP contribution in [0.25, 0.3) is 0 Å². The topological polar surface area (TPSA) is 98.8 Å². The lowest BCUT2D eigenvalue weighted by atomic mass is 10.00. The highest BCUT2D eigenvalue weighted by Crippen LogP contribution is 2.25. The number of nitrogens with one attached hydrogen (secondary N) is 1. The number of hydrogen-bond acceptors (Lipinski definition) is 6. The Kier molecular flexibility index (Phi) is 5.06. The molecule has 1 aromatic rings. The van der Waals surface area contributed by atoms with E-state index >= 15 is 0 Å². The summed E-state index contributed by atoms with van der Waals surface area (Å²) in [6.07, 6.45) is -1.10. The minimum Gasteiger partial charge on any atom is -0.463 e. The Morgan fingerprint density at radius 3 is 2.48 bits per heavy atom. The van der Waals surface area contributed by atoms with E-state index in [-0.39, 0.29) is 11.5 Å². The third-order valence-electron chi connectivity index (χ3n) is 3.63. The molecular formula is C15H19NO6S. The molecule has 0 spiro atoms. The van der Waals surface area contributed by atoms with Crippen molar-refractivity contribution in [2.45, 2.75) is 37.8 Å². The van der Waals surface area contributed by atoms with Crippen molar-refractivity contribution in [3.8, 4) is 0 Å². The number of cyclic esters (lactones) is 1. The normalized spacial score (nSPS) is 24.3. The summed E-state index contributed by atoms with van der Waals surface area (Å²) >= 11 is 0. The largest absolute Gasteiger partial charge is 0.463 e. The molecule has 0 amide bonds. The average Bonchev–Trinajstić information content (AvgIpc) is 2.76. The summed E-state index contributed by atoms with van der Waals surface area (Å²) in [7, 11) is -3.89. The van der Waals surface area contributed by atoms with Crippen molar-refractivity contribution in [3.05, 3.63) is 29.8 Å². The number of rotatable bonds is 5. The van der Waals surface area contributed by atoms with E-state index < -0.39 is 40.0 Å². The molecule has 0 saturated carbocycles. The fraction of sp³-hybridized carbons (Fsp3) is 0.467. The highest BCUT2D eigenvalue weighted by Gasteiger charge is 2.48. The number of sulfonamides is 1. The second kappa shape index (κ2) is 6.67. The molecule has 2 rings (SSSR count). The first-order chi connectivity index (χ1) is 10.8. The number of benzene rings is 1. The van der Waals surface area contributed by atoms with Crippen LogP contribution in [-0.4, -0.2) is 39.1 Å². The first-order valence-electron chi connectivity index (χ1n) is 7.22. The Bertz CT molecular complexity index is 697. The maximum atomic E-state index is 12.4. The number of carbonyl (C=O) groups is 2. The zero-order valence-electron chi connectivity index (χ0n) is 13.1. The van der Waals surface area contributed by atoms with Crippen molar-refractivity contribution in [3.63, 3.8) is 0 Å². The van der Waals surface area contributed by atoms with E-state index in [1.54, 1.807) is 26.0 Å². The fourth-order valence-corrected chi connectivity index (χ4v) is 3.57. The number of carbonyl (C=O) groups excluding carboxylic acids is 2. The van der Waals surface area contributed by atoms with E-state index in [1.165, 1.54) is 12.1 Å². The minimum absolute atomic E-state index is 0.0442. The van der Waals surface area contributed by atoms with Crippen LogP contribution < -0.4 is 4.72 Å². The van der Waals surface area contributed by atoms with Crippen molar-refractivity contribution in [1.82, 2.24) is 4.72 Å². The Morgan fingerprint density at radius 2 is 1.91 bits per heavy atom. The highest BCUT2D eigenvalue weighted by molar-refractivity contribution is 7.89. The van der Waals surface area contributed by atoms with Crippen LogP contribution in [0.15, 0.2) is 29.2 Å². The quantitative estimate of drug-likeness (QED) is 0.794. The molecule has 1 fully saturated rings. The third-order valence-corrected chi connectivity index (χ3v) is 5.09. The van der Waals surface area contributed by atoms with Crippen LogP contribution in [0.3, 0.4) is 0 Å². The van der Waals surface area contributed by atoms with Gasteiger partial charge in [-0.25, -0.2) is 13.2 Å². The highest BCUT2D eigenvalue weighted by atomic mass is 32.2. The maximum Gasteiger partial charge on any atom is 0.347 e. The molecule has 8 heteroatoms. The number of esters is 2. The van der Waals surface area contributed by atoms with E-state index in [0.717, 1.165) is 5.56 Å². The molecule has 0 aromatic heterocycles. The van der Waals surface area contributed by atoms with Crippen molar-refractivity contribution >= 4 is 22.0 Å².